The summed E-state index contributed by atoms with van der Waals surface area (Å²) in [6, 6.07) is 7.00. The first-order valence-corrected chi connectivity index (χ1v) is 7.07. The molecule has 1 aromatic heterocycles. The van der Waals surface area contributed by atoms with Crippen molar-refractivity contribution in [3.05, 3.63) is 46.2 Å². The fourth-order valence-corrected chi connectivity index (χ4v) is 2.28. The normalized spacial score (nSPS) is 10.3. The molecule has 106 valence electrons. The molecule has 2 rings (SSSR count). The van der Waals surface area contributed by atoms with Crippen LogP contribution in [0.2, 0.25) is 0 Å². The molecule has 0 atom stereocenters. The molecule has 0 bridgehead atoms. The maximum atomic E-state index is 12.1. The van der Waals surface area contributed by atoms with Gasteiger partial charge in [-0.3, -0.25) is 9.48 Å². The van der Waals surface area contributed by atoms with Crippen LogP contribution in [0.3, 0.4) is 0 Å². The Kier molecular flexibility index (Phi) is 4.79. The maximum absolute atomic E-state index is 12.1. The van der Waals surface area contributed by atoms with Gasteiger partial charge in [0.2, 0.25) is 0 Å². The Labute approximate surface area is 126 Å². The van der Waals surface area contributed by atoms with Gasteiger partial charge in [-0.1, -0.05) is 0 Å². The van der Waals surface area contributed by atoms with Crippen LogP contribution in [0.25, 0.3) is 0 Å². The van der Waals surface area contributed by atoms with Gasteiger partial charge in [0.25, 0.3) is 5.91 Å². The Morgan fingerprint density at radius 1 is 1.40 bits per heavy atom. The van der Waals surface area contributed by atoms with Gasteiger partial charge in [-0.2, -0.15) is 5.10 Å². The van der Waals surface area contributed by atoms with Crippen molar-refractivity contribution >= 4 is 21.8 Å². The zero-order valence-corrected chi connectivity index (χ0v) is 13.0. The highest BCUT2D eigenvalue weighted by molar-refractivity contribution is 9.10. The summed E-state index contributed by atoms with van der Waals surface area (Å²) in [5.41, 5.74) is 1.55. The van der Waals surface area contributed by atoms with Gasteiger partial charge in [-0.25, -0.2) is 0 Å². The van der Waals surface area contributed by atoms with E-state index in [-0.39, 0.29) is 5.91 Å². The topological polar surface area (TPSA) is 56.2 Å². The van der Waals surface area contributed by atoms with Gasteiger partial charge in [-0.15, -0.1) is 0 Å². The number of hydrogen-bond acceptors (Lipinski definition) is 3. The van der Waals surface area contributed by atoms with Crippen LogP contribution in [0.5, 0.6) is 5.75 Å². The number of nitrogens with one attached hydrogen (secondary N) is 1. The third kappa shape index (κ3) is 3.19. The van der Waals surface area contributed by atoms with Gasteiger partial charge < -0.3 is 10.1 Å². The average Bonchev–Trinajstić information content (AvgIpc) is 2.85. The van der Waals surface area contributed by atoms with Gasteiger partial charge in [-0.05, 0) is 47.1 Å². The molecule has 0 aliphatic heterocycles. The van der Waals surface area contributed by atoms with E-state index in [1.54, 1.807) is 37.6 Å². The van der Waals surface area contributed by atoms with E-state index < -0.39 is 0 Å². The minimum absolute atomic E-state index is 0.122. The minimum atomic E-state index is -0.122. The van der Waals surface area contributed by atoms with Gasteiger partial charge in [0.05, 0.1) is 30.0 Å². The van der Waals surface area contributed by atoms with E-state index in [9.17, 15) is 4.79 Å². The van der Waals surface area contributed by atoms with Crippen molar-refractivity contribution in [2.45, 2.75) is 20.0 Å². The van der Waals surface area contributed by atoms with Crippen molar-refractivity contribution in [2.24, 2.45) is 0 Å². The lowest BCUT2D eigenvalue weighted by molar-refractivity contribution is 0.0950. The van der Waals surface area contributed by atoms with Crippen molar-refractivity contribution < 1.29 is 9.53 Å². The number of rotatable bonds is 5. The molecule has 0 radical (unpaired) electrons. The Morgan fingerprint density at radius 3 is 2.70 bits per heavy atom. The van der Waals surface area contributed by atoms with Crippen LogP contribution in [-0.4, -0.2) is 22.8 Å². The molecule has 0 aliphatic carbocycles. The van der Waals surface area contributed by atoms with Crippen molar-refractivity contribution in [2.75, 3.05) is 7.11 Å². The standard InChI is InChI=1S/C14H16BrN3O2/c1-3-18-13(12(15)8-17-18)9-16-14(19)10-4-6-11(20-2)7-5-10/h4-8H,3,9H2,1-2H3,(H,16,19). The van der Waals surface area contributed by atoms with E-state index in [1.165, 1.54) is 0 Å². The molecular weight excluding hydrogens is 322 g/mol. The van der Waals surface area contributed by atoms with Crippen LogP contribution in [0.1, 0.15) is 23.0 Å². The lowest BCUT2D eigenvalue weighted by atomic mass is 10.2. The predicted octanol–water partition coefficient (Wildman–Crippen LogP) is 2.60. The number of halogens is 1. The molecule has 1 aromatic carbocycles. The van der Waals surface area contributed by atoms with Crippen LogP contribution in [0, 0.1) is 0 Å². The van der Waals surface area contributed by atoms with Crippen LogP contribution < -0.4 is 10.1 Å². The van der Waals surface area contributed by atoms with Crippen molar-refractivity contribution in [1.29, 1.82) is 0 Å². The molecule has 0 saturated carbocycles. The number of amides is 1. The average molecular weight is 338 g/mol. The van der Waals surface area contributed by atoms with Crippen molar-refractivity contribution in [1.82, 2.24) is 15.1 Å². The van der Waals surface area contributed by atoms with Gasteiger partial charge >= 0.3 is 0 Å². The fourth-order valence-electron chi connectivity index (χ4n) is 1.84. The molecule has 5 nitrogen and oxygen atoms in total. The molecule has 1 heterocycles. The lowest BCUT2D eigenvalue weighted by Gasteiger charge is -2.08. The second-order valence-electron chi connectivity index (χ2n) is 4.17. The first-order valence-electron chi connectivity index (χ1n) is 6.28. The molecule has 0 fully saturated rings. The molecular formula is C14H16BrN3O2. The molecule has 0 spiro atoms. The minimum Gasteiger partial charge on any atom is -0.497 e. The Balaban J connectivity index is 2.02. The molecule has 2 aromatic rings. The number of hydrogen-bond donors (Lipinski definition) is 1. The molecule has 20 heavy (non-hydrogen) atoms. The highest BCUT2D eigenvalue weighted by atomic mass is 79.9. The van der Waals surface area contributed by atoms with E-state index in [1.807, 2.05) is 11.6 Å². The van der Waals surface area contributed by atoms with Crippen LogP contribution >= 0.6 is 15.9 Å². The van der Waals surface area contributed by atoms with Gasteiger partial charge in [0, 0.05) is 12.1 Å². The number of nitrogens with zero attached hydrogens (tertiary/aromatic N) is 2. The van der Waals surface area contributed by atoms with E-state index >= 15 is 0 Å². The number of ether oxygens (including phenoxy) is 1. The summed E-state index contributed by atoms with van der Waals surface area (Å²) in [7, 11) is 1.60. The Hall–Kier alpha value is -1.82. The number of aryl methyl sites for hydroxylation is 1. The third-order valence-corrected chi connectivity index (χ3v) is 3.63. The van der Waals surface area contributed by atoms with Crippen LogP contribution in [-0.2, 0) is 13.1 Å². The lowest BCUT2D eigenvalue weighted by Crippen LogP contribution is -2.24. The summed E-state index contributed by atoms with van der Waals surface area (Å²) in [4.78, 5) is 12.1. The summed E-state index contributed by atoms with van der Waals surface area (Å²) in [6.45, 7) is 3.20. The Bertz CT molecular complexity index is 593. The van der Waals surface area contributed by atoms with Gasteiger partial charge in [0.1, 0.15) is 5.75 Å². The molecule has 6 heteroatoms. The maximum Gasteiger partial charge on any atom is 0.251 e. The van der Waals surface area contributed by atoms with Gasteiger partial charge in [0.15, 0.2) is 0 Å². The zero-order chi connectivity index (χ0) is 14.5. The number of aromatic nitrogens is 2. The largest absolute Gasteiger partial charge is 0.497 e. The fraction of sp³-hybridized carbons (Fsp3) is 0.286. The molecule has 0 saturated heterocycles. The number of carbonyl (C=O) groups is 1. The summed E-state index contributed by atoms with van der Waals surface area (Å²) in [6.07, 6.45) is 1.73. The SMILES string of the molecule is CCn1ncc(Br)c1CNC(=O)c1ccc(OC)cc1. The summed E-state index contributed by atoms with van der Waals surface area (Å²) in [5, 5.41) is 7.09. The summed E-state index contributed by atoms with van der Waals surface area (Å²) in [5.74, 6) is 0.608. The molecule has 1 N–H and O–H groups in total. The van der Waals surface area contributed by atoms with E-state index in [2.05, 4.69) is 26.3 Å². The van der Waals surface area contributed by atoms with E-state index in [4.69, 9.17) is 4.74 Å². The summed E-state index contributed by atoms with van der Waals surface area (Å²) >= 11 is 3.43. The quantitative estimate of drug-likeness (QED) is 0.912. The molecule has 0 aliphatic rings. The third-order valence-electron chi connectivity index (χ3n) is 2.97. The Morgan fingerprint density at radius 2 is 2.10 bits per heavy atom. The van der Waals surface area contributed by atoms with Crippen molar-refractivity contribution in [3.8, 4) is 5.75 Å². The smallest absolute Gasteiger partial charge is 0.251 e. The number of methoxy groups -OCH3 is 1. The molecule has 0 unspecified atom stereocenters. The summed E-state index contributed by atoms with van der Waals surface area (Å²) < 4.78 is 7.81. The highest BCUT2D eigenvalue weighted by Gasteiger charge is 2.10. The van der Waals surface area contributed by atoms with Crippen LogP contribution in [0.15, 0.2) is 34.9 Å². The van der Waals surface area contributed by atoms with E-state index in [0.29, 0.717) is 12.1 Å². The second-order valence-corrected chi connectivity index (χ2v) is 5.02. The monoisotopic (exact) mass is 337 g/mol. The zero-order valence-electron chi connectivity index (χ0n) is 11.4. The molecule has 1 amide bonds. The highest BCUT2D eigenvalue weighted by Crippen LogP contribution is 2.16. The predicted molar refractivity (Wildman–Crippen MR) is 79.8 cm³/mol. The first kappa shape index (κ1) is 14.6. The van der Waals surface area contributed by atoms with Crippen LogP contribution in [0.4, 0.5) is 0 Å². The number of benzene rings is 1. The van der Waals surface area contributed by atoms with Crippen molar-refractivity contribution in [3.63, 3.8) is 0 Å². The number of carbonyl (C=O) groups excluding carboxylic acids is 1. The second kappa shape index (κ2) is 6.56. The van der Waals surface area contributed by atoms with E-state index in [0.717, 1.165) is 22.5 Å². The first-order chi connectivity index (χ1) is 9.65.